The van der Waals surface area contributed by atoms with Gasteiger partial charge in [0.1, 0.15) is 0 Å². The Morgan fingerprint density at radius 3 is 0.725 bits per heavy atom. The third-order valence-electron chi connectivity index (χ3n) is 20.9. The summed E-state index contributed by atoms with van der Waals surface area (Å²) in [4.78, 5) is 16.7. The van der Waals surface area contributed by atoms with E-state index in [1.807, 2.05) is 34.0 Å². The fourth-order valence-electron chi connectivity index (χ4n) is 16.1. The smallest absolute Gasteiger partial charge is 0.164 e. The molecule has 0 fully saturated rings. The van der Waals surface area contributed by atoms with Crippen LogP contribution in [0.3, 0.4) is 0 Å². The number of rotatable bonds is 9. The summed E-state index contributed by atoms with van der Waals surface area (Å²) < 4.78 is 15.0. The summed E-state index contributed by atoms with van der Waals surface area (Å²) in [5, 5.41) is 14.9. The van der Waals surface area contributed by atoms with Crippen LogP contribution in [0.15, 0.2) is 328 Å². The van der Waals surface area contributed by atoms with Gasteiger partial charge in [-0.3, -0.25) is 0 Å². The zero-order chi connectivity index (χ0) is 66.7. The Labute approximate surface area is 596 Å². The van der Waals surface area contributed by atoms with E-state index in [2.05, 4.69) is 341 Å². The lowest BCUT2D eigenvalue weighted by molar-refractivity contribution is 1.07. The molecule has 474 valence electrons. The first-order chi connectivity index (χ1) is 50.5. The number of para-hydroxylation sites is 3. The van der Waals surface area contributed by atoms with E-state index in [9.17, 15) is 0 Å². The quantitative estimate of drug-likeness (QED) is 0.145. The van der Waals surface area contributed by atoms with Crippen molar-refractivity contribution >= 4 is 160 Å². The van der Waals surface area contributed by atoms with Gasteiger partial charge in [0.2, 0.25) is 0 Å². The molecule has 22 rings (SSSR count). The van der Waals surface area contributed by atoms with Crippen LogP contribution in [0.2, 0.25) is 0 Å². The minimum absolute atomic E-state index is 0.569. The molecule has 0 radical (unpaired) electrons. The highest BCUT2D eigenvalue weighted by Gasteiger charge is 2.22. The molecular weight excluding hydrogens is 1300 g/mol. The Balaban J connectivity index is 0.708. The minimum Gasteiger partial charge on any atom is -0.309 e. The molecule has 15 aromatic carbocycles. The summed E-state index contributed by atoms with van der Waals surface area (Å²) in [6.07, 6.45) is 0. The zero-order valence-corrected chi connectivity index (χ0v) is 57.0. The van der Waals surface area contributed by atoms with E-state index in [1.54, 1.807) is 0 Å². The second kappa shape index (κ2) is 22.4. The predicted molar refractivity (Wildman–Crippen MR) is 434 cm³/mol. The van der Waals surface area contributed by atoms with Crippen LogP contribution >= 0.6 is 34.0 Å². The highest BCUT2D eigenvalue weighted by molar-refractivity contribution is 7.26. The summed E-state index contributed by atoms with van der Waals surface area (Å²) in [5.74, 6) is 1.71. The SMILES string of the molecule is c1cc(-c2nc(-c3cccc(-n4c5ccccc5c5ccc(-c6ccc7c(c6)sc6ccccc67)cc54)c3)nc(-c3cccc(-n4c5ccccc5c5ccc(-c6ccc7c(c6)sc6ccccc67)cc54)c3)n2)cc(-n2c3ccccc3c3ccc(-c4ccc5c(c4)sc4ccccc45)cc32)c1. The molecule has 6 nitrogen and oxygen atoms in total. The van der Waals surface area contributed by atoms with Crippen LogP contribution in [0.25, 0.3) is 211 Å². The number of fused-ring (bicyclic) bond motifs is 18. The van der Waals surface area contributed by atoms with Gasteiger partial charge in [-0.05, 0) is 143 Å². The molecule has 0 amide bonds. The number of nitrogens with zero attached hydrogens (tertiary/aromatic N) is 6. The first kappa shape index (κ1) is 57.3. The van der Waals surface area contributed by atoms with Gasteiger partial charge in [0.25, 0.3) is 0 Å². The normalized spacial score (nSPS) is 12.1. The van der Waals surface area contributed by atoms with E-state index in [-0.39, 0.29) is 0 Å². The molecule has 0 atom stereocenters. The van der Waals surface area contributed by atoms with Crippen molar-refractivity contribution in [1.29, 1.82) is 0 Å². The van der Waals surface area contributed by atoms with E-state index in [1.165, 1.54) is 110 Å². The van der Waals surface area contributed by atoms with Crippen LogP contribution in [0.1, 0.15) is 0 Å². The molecule has 0 N–H and O–H groups in total. The second-order valence-electron chi connectivity index (χ2n) is 26.6. The fourth-order valence-corrected chi connectivity index (χ4v) is 19.6. The van der Waals surface area contributed by atoms with Crippen LogP contribution < -0.4 is 0 Å². The number of thiophene rings is 3. The zero-order valence-electron chi connectivity index (χ0n) is 54.6. The lowest BCUT2D eigenvalue weighted by atomic mass is 10.0. The van der Waals surface area contributed by atoms with E-state index in [0.717, 1.165) is 83.5 Å². The van der Waals surface area contributed by atoms with Crippen molar-refractivity contribution in [2.75, 3.05) is 0 Å². The molecule has 0 saturated carbocycles. The summed E-state index contributed by atoms with van der Waals surface area (Å²) in [6, 6.07) is 120. The van der Waals surface area contributed by atoms with E-state index >= 15 is 0 Å². The van der Waals surface area contributed by atoms with Gasteiger partial charge < -0.3 is 13.7 Å². The second-order valence-corrected chi connectivity index (χ2v) is 29.9. The van der Waals surface area contributed by atoms with Gasteiger partial charge in [-0.1, -0.05) is 218 Å². The highest BCUT2D eigenvalue weighted by atomic mass is 32.1. The standard InChI is InChI=1S/C93H54N6S3/c1-7-28-79-67(22-1)70-40-34-55(58-37-43-76-73-25-4-10-31-85(73)100-88(76)52-58)49-82(70)97(79)64-19-13-16-61(46-64)91-94-92(62-17-14-20-65(47-62)98-80-29-8-2-23-68(80)71-41-35-56(50-83(71)98)59-38-44-77-74-26-5-11-32-86(74)101-89(77)53-59)96-93(95-91)63-18-15-21-66(48-63)99-81-30-9-3-24-69(81)72-42-36-57(51-84(72)99)60-39-45-78-75-27-6-12-33-87(75)102-90(78)54-60/h1-54H. The first-order valence-electron chi connectivity index (χ1n) is 34.4. The van der Waals surface area contributed by atoms with Crippen LogP contribution in [-0.4, -0.2) is 28.7 Å². The molecule has 22 aromatic rings. The van der Waals surface area contributed by atoms with Gasteiger partial charge in [0.15, 0.2) is 17.5 Å². The van der Waals surface area contributed by atoms with E-state index in [4.69, 9.17) is 15.0 Å². The molecule has 0 bridgehead atoms. The van der Waals surface area contributed by atoms with Crippen molar-refractivity contribution in [3.63, 3.8) is 0 Å². The number of hydrogen-bond donors (Lipinski definition) is 0. The summed E-state index contributed by atoms with van der Waals surface area (Å²) in [7, 11) is 0. The molecule has 0 aliphatic carbocycles. The van der Waals surface area contributed by atoms with Gasteiger partial charge in [0.05, 0.1) is 33.1 Å². The van der Waals surface area contributed by atoms with Crippen molar-refractivity contribution in [3.8, 4) is 84.6 Å². The Morgan fingerprint density at radius 2 is 0.412 bits per heavy atom. The van der Waals surface area contributed by atoms with Gasteiger partial charge in [-0.25, -0.2) is 15.0 Å². The van der Waals surface area contributed by atoms with Crippen molar-refractivity contribution in [2.24, 2.45) is 0 Å². The Bertz CT molecular complexity index is 6600. The largest absolute Gasteiger partial charge is 0.309 e. The van der Waals surface area contributed by atoms with Crippen LogP contribution in [-0.2, 0) is 0 Å². The molecule has 7 heterocycles. The molecule has 7 aromatic heterocycles. The molecule has 0 aliphatic rings. The van der Waals surface area contributed by atoms with Crippen LogP contribution in [0.5, 0.6) is 0 Å². The first-order valence-corrected chi connectivity index (χ1v) is 36.9. The lowest BCUT2D eigenvalue weighted by Crippen LogP contribution is -2.02. The van der Waals surface area contributed by atoms with Crippen molar-refractivity contribution in [3.05, 3.63) is 328 Å². The number of aromatic nitrogens is 6. The average Bonchev–Trinajstić information content (AvgIpc) is 1.60. The molecule has 0 unspecified atom stereocenters. The Morgan fingerprint density at radius 1 is 0.167 bits per heavy atom. The van der Waals surface area contributed by atoms with Gasteiger partial charge in [-0.2, -0.15) is 0 Å². The van der Waals surface area contributed by atoms with Crippen molar-refractivity contribution < 1.29 is 0 Å². The fraction of sp³-hybridized carbons (Fsp3) is 0. The monoisotopic (exact) mass is 1350 g/mol. The third-order valence-corrected chi connectivity index (χ3v) is 24.3. The van der Waals surface area contributed by atoms with Gasteiger partial charge >= 0.3 is 0 Å². The number of hydrogen-bond acceptors (Lipinski definition) is 6. The summed E-state index contributed by atoms with van der Waals surface area (Å²) in [6.45, 7) is 0. The maximum atomic E-state index is 5.56. The third kappa shape index (κ3) is 8.98. The topological polar surface area (TPSA) is 53.5 Å². The summed E-state index contributed by atoms with van der Waals surface area (Å²) in [5.41, 5.74) is 19.4. The van der Waals surface area contributed by atoms with E-state index < -0.39 is 0 Å². The Hall–Kier alpha value is -12.6. The predicted octanol–water partition coefficient (Wildman–Crippen LogP) is 26.3. The average molecular weight is 1350 g/mol. The van der Waals surface area contributed by atoms with E-state index in [0.29, 0.717) is 17.5 Å². The summed E-state index contributed by atoms with van der Waals surface area (Å²) >= 11 is 5.56. The molecule has 9 heteroatoms. The van der Waals surface area contributed by atoms with Crippen molar-refractivity contribution in [1.82, 2.24) is 28.7 Å². The van der Waals surface area contributed by atoms with Gasteiger partial charge in [0, 0.05) is 127 Å². The van der Waals surface area contributed by atoms with Crippen molar-refractivity contribution in [2.45, 2.75) is 0 Å². The minimum atomic E-state index is 0.569. The molecule has 102 heavy (non-hydrogen) atoms. The molecule has 0 spiro atoms. The van der Waals surface area contributed by atoms with Crippen LogP contribution in [0, 0.1) is 0 Å². The molecular formula is C93H54N6S3. The highest BCUT2D eigenvalue weighted by Crippen LogP contribution is 2.45. The molecule has 0 aliphatic heterocycles. The Kier molecular flexibility index (Phi) is 12.6. The maximum Gasteiger partial charge on any atom is 0.164 e. The number of benzene rings is 15. The van der Waals surface area contributed by atoms with Gasteiger partial charge in [-0.15, -0.1) is 34.0 Å². The maximum absolute atomic E-state index is 5.56. The lowest BCUT2D eigenvalue weighted by Gasteiger charge is -2.14. The molecule has 0 saturated heterocycles. The van der Waals surface area contributed by atoms with Crippen LogP contribution in [0.4, 0.5) is 0 Å².